The van der Waals surface area contributed by atoms with Crippen LogP contribution in [0.5, 0.6) is 5.75 Å². The van der Waals surface area contributed by atoms with Crippen LogP contribution in [-0.2, 0) is 16.6 Å². The van der Waals surface area contributed by atoms with E-state index in [0.29, 0.717) is 38.6 Å². The summed E-state index contributed by atoms with van der Waals surface area (Å²) in [6.45, 7) is 4.12. The highest BCUT2D eigenvalue weighted by molar-refractivity contribution is 7.88. The Balaban J connectivity index is 2.34. The quantitative estimate of drug-likeness (QED) is 0.392. The summed E-state index contributed by atoms with van der Waals surface area (Å²) in [5, 5.41) is 6.41. The first kappa shape index (κ1) is 20.2. The van der Waals surface area contributed by atoms with Crippen LogP contribution in [0, 0.1) is 0 Å². The molecule has 8 heteroatoms. The lowest BCUT2D eigenvalue weighted by molar-refractivity contribution is 0.414. The maximum Gasteiger partial charge on any atom is 0.211 e. The molecule has 0 amide bonds. The largest absolute Gasteiger partial charge is 0.497 e. The van der Waals surface area contributed by atoms with E-state index in [1.54, 1.807) is 14.2 Å². The van der Waals surface area contributed by atoms with Crippen LogP contribution in [0.15, 0.2) is 29.3 Å². The fourth-order valence-corrected chi connectivity index (χ4v) is 3.10. The number of rotatable bonds is 9. The van der Waals surface area contributed by atoms with Crippen molar-refractivity contribution in [3.05, 3.63) is 29.8 Å². The summed E-state index contributed by atoms with van der Waals surface area (Å²) in [6.07, 6.45) is 1.95. The summed E-state index contributed by atoms with van der Waals surface area (Å²) in [7, 11) is 0.224. The minimum atomic E-state index is -3.12. The van der Waals surface area contributed by atoms with Gasteiger partial charge in [-0.2, -0.15) is 0 Å². The number of methoxy groups -OCH3 is 1. The average molecular weight is 356 g/mol. The monoisotopic (exact) mass is 356 g/mol. The molecule has 0 atom stereocenters. The molecule has 0 heterocycles. The molecule has 1 aromatic rings. The standard InChI is InChI=1S/C16H28N4O3S/c1-5-20(24(4,21)22)12-6-11-18-16(17-2)19-13-14-7-9-15(23-3)10-8-14/h7-10H,5-6,11-13H2,1-4H3,(H2,17,18,19). The summed E-state index contributed by atoms with van der Waals surface area (Å²) in [5.41, 5.74) is 1.12. The van der Waals surface area contributed by atoms with Crippen LogP contribution in [-0.4, -0.2) is 58.7 Å². The number of hydrogen-bond donors (Lipinski definition) is 2. The molecule has 0 aliphatic rings. The van der Waals surface area contributed by atoms with Crippen LogP contribution in [0.25, 0.3) is 0 Å². The van der Waals surface area contributed by atoms with Crippen molar-refractivity contribution in [1.29, 1.82) is 0 Å². The fourth-order valence-electron chi connectivity index (χ4n) is 2.17. The number of ether oxygens (including phenoxy) is 1. The molecule has 0 aromatic heterocycles. The van der Waals surface area contributed by atoms with Crippen molar-refractivity contribution in [2.45, 2.75) is 19.9 Å². The van der Waals surface area contributed by atoms with Crippen molar-refractivity contribution in [3.8, 4) is 5.75 Å². The highest BCUT2D eigenvalue weighted by Gasteiger charge is 2.13. The molecule has 0 unspecified atom stereocenters. The van der Waals surface area contributed by atoms with Gasteiger partial charge in [0.25, 0.3) is 0 Å². The third kappa shape index (κ3) is 7.18. The molecular weight excluding hydrogens is 328 g/mol. The van der Waals surface area contributed by atoms with Gasteiger partial charge in [-0.1, -0.05) is 19.1 Å². The molecule has 0 saturated heterocycles. The van der Waals surface area contributed by atoms with Gasteiger partial charge in [0, 0.05) is 33.2 Å². The smallest absolute Gasteiger partial charge is 0.211 e. The second-order valence-electron chi connectivity index (χ2n) is 5.31. The lowest BCUT2D eigenvalue weighted by Crippen LogP contribution is -2.39. The van der Waals surface area contributed by atoms with E-state index in [-0.39, 0.29) is 0 Å². The Labute approximate surface area is 145 Å². The van der Waals surface area contributed by atoms with Gasteiger partial charge in [0.15, 0.2) is 5.96 Å². The second-order valence-corrected chi connectivity index (χ2v) is 7.29. The molecule has 0 saturated carbocycles. The molecule has 0 bridgehead atoms. The van der Waals surface area contributed by atoms with Gasteiger partial charge in [-0.05, 0) is 24.1 Å². The SMILES string of the molecule is CCN(CCCNC(=NC)NCc1ccc(OC)cc1)S(C)(=O)=O. The van der Waals surface area contributed by atoms with Crippen LogP contribution >= 0.6 is 0 Å². The zero-order valence-corrected chi connectivity index (χ0v) is 15.7. The Bertz CT molecular complexity index is 615. The van der Waals surface area contributed by atoms with Gasteiger partial charge in [-0.3, -0.25) is 4.99 Å². The van der Waals surface area contributed by atoms with E-state index in [4.69, 9.17) is 4.74 Å². The van der Waals surface area contributed by atoms with Crippen molar-refractivity contribution < 1.29 is 13.2 Å². The van der Waals surface area contributed by atoms with E-state index in [1.807, 2.05) is 31.2 Å². The zero-order chi connectivity index (χ0) is 18.0. The zero-order valence-electron chi connectivity index (χ0n) is 14.9. The van der Waals surface area contributed by atoms with E-state index in [9.17, 15) is 8.42 Å². The van der Waals surface area contributed by atoms with Gasteiger partial charge in [-0.25, -0.2) is 12.7 Å². The number of sulfonamides is 1. The molecule has 136 valence electrons. The maximum absolute atomic E-state index is 11.5. The predicted octanol–water partition coefficient (Wildman–Crippen LogP) is 1.03. The molecule has 0 spiro atoms. The van der Waals surface area contributed by atoms with Crippen molar-refractivity contribution in [2.24, 2.45) is 4.99 Å². The van der Waals surface area contributed by atoms with Gasteiger partial charge in [-0.15, -0.1) is 0 Å². The topological polar surface area (TPSA) is 83.0 Å². The molecule has 0 aliphatic heterocycles. The minimum absolute atomic E-state index is 0.489. The third-order valence-corrected chi connectivity index (χ3v) is 4.92. The summed E-state index contributed by atoms with van der Waals surface area (Å²) in [6, 6.07) is 7.81. The summed E-state index contributed by atoms with van der Waals surface area (Å²) in [5.74, 6) is 1.51. The summed E-state index contributed by atoms with van der Waals surface area (Å²) in [4.78, 5) is 4.16. The van der Waals surface area contributed by atoms with E-state index >= 15 is 0 Å². The normalized spacial score (nSPS) is 12.3. The van der Waals surface area contributed by atoms with E-state index in [2.05, 4.69) is 15.6 Å². The Kier molecular flexibility index (Phi) is 8.56. The number of hydrogen-bond acceptors (Lipinski definition) is 4. The molecule has 1 aromatic carbocycles. The third-order valence-electron chi connectivity index (χ3n) is 3.54. The molecule has 1 rings (SSSR count). The van der Waals surface area contributed by atoms with Crippen molar-refractivity contribution in [3.63, 3.8) is 0 Å². The molecule has 0 radical (unpaired) electrons. The van der Waals surface area contributed by atoms with E-state index in [0.717, 1.165) is 11.3 Å². The summed E-state index contributed by atoms with van der Waals surface area (Å²) >= 11 is 0. The van der Waals surface area contributed by atoms with Gasteiger partial charge in [0.1, 0.15) is 5.75 Å². The first-order chi connectivity index (χ1) is 11.4. The fraction of sp³-hybridized carbons (Fsp3) is 0.562. The number of guanidine groups is 1. The molecular formula is C16H28N4O3S. The van der Waals surface area contributed by atoms with Crippen LogP contribution in [0.2, 0.25) is 0 Å². The van der Waals surface area contributed by atoms with Crippen LogP contribution in [0.3, 0.4) is 0 Å². The maximum atomic E-state index is 11.5. The van der Waals surface area contributed by atoms with Gasteiger partial charge >= 0.3 is 0 Å². The summed E-state index contributed by atoms with van der Waals surface area (Å²) < 4.78 is 29.6. The Hall–Kier alpha value is -1.80. The lowest BCUT2D eigenvalue weighted by Gasteiger charge is -2.18. The van der Waals surface area contributed by atoms with Gasteiger partial charge in [0.2, 0.25) is 10.0 Å². The number of benzene rings is 1. The predicted molar refractivity (Wildman–Crippen MR) is 97.9 cm³/mol. The Morgan fingerprint density at radius 3 is 2.42 bits per heavy atom. The van der Waals surface area contributed by atoms with Crippen LogP contribution in [0.1, 0.15) is 18.9 Å². The van der Waals surface area contributed by atoms with E-state index in [1.165, 1.54) is 10.6 Å². The van der Waals surface area contributed by atoms with Crippen molar-refractivity contribution >= 4 is 16.0 Å². The molecule has 7 nitrogen and oxygen atoms in total. The lowest BCUT2D eigenvalue weighted by atomic mass is 10.2. The van der Waals surface area contributed by atoms with Crippen molar-refractivity contribution in [1.82, 2.24) is 14.9 Å². The molecule has 24 heavy (non-hydrogen) atoms. The second kappa shape index (κ2) is 10.1. The molecule has 0 aliphatic carbocycles. The number of aliphatic imine (C=N–C) groups is 1. The van der Waals surface area contributed by atoms with Crippen LogP contribution < -0.4 is 15.4 Å². The highest BCUT2D eigenvalue weighted by Crippen LogP contribution is 2.10. The number of nitrogens with one attached hydrogen (secondary N) is 2. The first-order valence-electron chi connectivity index (χ1n) is 7.93. The number of nitrogens with zero attached hydrogens (tertiary/aromatic N) is 2. The van der Waals surface area contributed by atoms with Gasteiger partial charge < -0.3 is 15.4 Å². The minimum Gasteiger partial charge on any atom is -0.497 e. The van der Waals surface area contributed by atoms with Crippen LogP contribution in [0.4, 0.5) is 0 Å². The molecule has 0 fully saturated rings. The van der Waals surface area contributed by atoms with E-state index < -0.39 is 10.0 Å². The Morgan fingerprint density at radius 1 is 1.25 bits per heavy atom. The highest BCUT2D eigenvalue weighted by atomic mass is 32.2. The molecule has 2 N–H and O–H groups in total. The average Bonchev–Trinajstić information content (AvgIpc) is 2.56. The van der Waals surface area contributed by atoms with Crippen molar-refractivity contribution in [2.75, 3.05) is 40.0 Å². The van der Waals surface area contributed by atoms with Gasteiger partial charge in [0.05, 0.1) is 13.4 Å². The first-order valence-corrected chi connectivity index (χ1v) is 9.78. The Morgan fingerprint density at radius 2 is 1.92 bits per heavy atom.